The zero-order valence-electron chi connectivity index (χ0n) is 17.7. The number of fused-ring (bicyclic) bond motifs is 1. The summed E-state index contributed by atoms with van der Waals surface area (Å²) in [4.78, 5) is 14.2. The molecular weight excluding hydrogens is 440 g/mol. The molecule has 3 heterocycles. The van der Waals surface area contributed by atoms with Crippen molar-refractivity contribution in [2.45, 2.75) is 32.5 Å². The summed E-state index contributed by atoms with van der Waals surface area (Å²) in [6.45, 7) is 4.35. The normalized spacial score (nSPS) is 15.0. The second-order valence-corrected chi connectivity index (χ2v) is 9.01. The molecule has 8 heteroatoms. The highest BCUT2D eigenvalue weighted by Crippen LogP contribution is 2.30. The van der Waals surface area contributed by atoms with Gasteiger partial charge in [0.15, 0.2) is 5.11 Å². The number of nitrogens with zero attached hydrogens (tertiary/aromatic N) is 4. The van der Waals surface area contributed by atoms with Crippen molar-refractivity contribution in [1.82, 2.24) is 15.3 Å². The van der Waals surface area contributed by atoms with Crippen molar-refractivity contribution in [2.24, 2.45) is 0 Å². The van der Waals surface area contributed by atoms with Gasteiger partial charge in [-0.05, 0) is 53.9 Å². The van der Waals surface area contributed by atoms with E-state index in [1.54, 1.807) is 0 Å². The predicted octanol–water partition coefficient (Wildman–Crippen LogP) is 4.74. The average Bonchev–Trinajstić information content (AvgIpc) is 3.49. The van der Waals surface area contributed by atoms with E-state index in [0.717, 1.165) is 48.4 Å². The Morgan fingerprint density at radius 2 is 1.53 bits per heavy atom. The topological polar surface area (TPSA) is 56.3 Å². The zero-order chi connectivity index (χ0) is 21.9. The van der Waals surface area contributed by atoms with E-state index in [4.69, 9.17) is 33.8 Å². The van der Waals surface area contributed by atoms with Crippen LogP contribution in [0, 0.1) is 0 Å². The van der Waals surface area contributed by atoms with Gasteiger partial charge in [-0.15, -0.1) is 0 Å². The smallest absolute Gasteiger partial charge is 0.232 e. The lowest BCUT2D eigenvalue weighted by atomic mass is 10.1. The molecule has 6 nitrogen and oxygen atoms in total. The van der Waals surface area contributed by atoms with Crippen LogP contribution < -0.4 is 20.4 Å². The number of rotatable bonds is 5. The molecule has 0 spiro atoms. The summed E-state index contributed by atoms with van der Waals surface area (Å²) in [5.74, 6) is 2.39. The van der Waals surface area contributed by atoms with Gasteiger partial charge in [-0.1, -0.05) is 48.0 Å². The summed E-state index contributed by atoms with van der Waals surface area (Å²) in [6.07, 6.45) is 2.39. The summed E-state index contributed by atoms with van der Waals surface area (Å²) >= 11 is 11.5. The lowest BCUT2D eigenvalue weighted by Gasteiger charge is -2.22. The van der Waals surface area contributed by atoms with Gasteiger partial charge in [0.1, 0.15) is 11.6 Å². The quantitative estimate of drug-likeness (QED) is 0.529. The van der Waals surface area contributed by atoms with Crippen molar-refractivity contribution in [3.8, 4) is 0 Å². The molecule has 2 aliphatic heterocycles. The molecule has 164 valence electrons. The highest BCUT2D eigenvalue weighted by atomic mass is 35.5. The van der Waals surface area contributed by atoms with Crippen molar-refractivity contribution in [3.05, 3.63) is 76.3 Å². The molecule has 32 heavy (non-hydrogen) atoms. The second kappa shape index (κ2) is 9.30. The monoisotopic (exact) mass is 464 g/mol. The summed E-state index contributed by atoms with van der Waals surface area (Å²) in [6, 6.07) is 18.4. The lowest BCUT2D eigenvalue weighted by molar-refractivity contribution is 0.845. The predicted molar refractivity (Wildman–Crippen MR) is 134 cm³/mol. The van der Waals surface area contributed by atoms with Crippen LogP contribution in [0.5, 0.6) is 0 Å². The average molecular weight is 465 g/mol. The number of aromatic nitrogens is 2. The standard InChI is InChI=1S/C24H25ClN6S/c25-20-9-7-17(8-10-20)14-26-24(32)29-23-27-21(30-11-3-4-12-30)13-22(28-23)31-15-18-5-1-2-6-19(18)16-31/h1-2,5-10,13H,3-4,11-12,14-16H2,(H2,26,27,28,29,32). The van der Waals surface area contributed by atoms with E-state index in [1.807, 2.05) is 24.3 Å². The molecule has 1 fully saturated rings. The van der Waals surface area contributed by atoms with Gasteiger partial charge in [0, 0.05) is 43.8 Å². The molecule has 0 radical (unpaired) electrons. The lowest BCUT2D eigenvalue weighted by Crippen LogP contribution is -2.30. The molecule has 0 unspecified atom stereocenters. The van der Waals surface area contributed by atoms with E-state index in [0.29, 0.717) is 17.6 Å². The number of benzene rings is 2. The fourth-order valence-corrected chi connectivity index (χ4v) is 4.46. The third-order valence-electron chi connectivity index (χ3n) is 5.89. The zero-order valence-corrected chi connectivity index (χ0v) is 19.3. The number of hydrogen-bond donors (Lipinski definition) is 2. The Balaban J connectivity index is 1.33. The Kier molecular flexibility index (Phi) is 6.10. The highest BCUT2D eigenvalue weighted by molar-refractivity contribution is 7.80. The molecule has 5 rings (SSSR count). The van der Waals surface area contributed by atoms with Crippen LogP contribution in [0.4, 0.5) is 17.6 Å². The van der Waals surface area contributed by atoms with Gasteiger partial charge < -0.3 is 20.4 Å². The third kappa shape index (κ3) is 4.79. The second-order valence-electron chi connectivity index (χ2n) is 8.16. The van der Waals surface area contributed by atoms with Crippen molar-refractivity contribution in [1.29, 1.82) is 0 Å². The summed E-state index contributed by atoms with van der Waals surface area (Å²) in [5.41, 5.74) is 3.80. The van der Waals surface area contributed by atoms with Crippen LogP contribution in [-0.2, 0) is 19.6 Å². The number of halogens is 1. The molecule has 2 N–H and O–H groups in total. The van der Waals surface area contributed by atoms with Crippen LogP contribution in [-0.4, -0.2) is 28.2 Å². The van der Waals surface area contributed by atoms with Crippen molar-refractivity contribution < 1.29 is 0 Å². The Hall–Kier alpha value is -2.90. The van der Waals surface area contributed by atoms with E-state index in [2.05, 4.69) is 50.8 Å². The first kappa shape index (κ1) is 21.0. The Morgan fingerprint density at radius 1 is 0.906 bits per heavy atom. The van der Waals surface area contributed by atoms with E-state index in [-0.39, 0.29) is 0 Å². The molecule has 1 aromatic heterocycles. The maximum atomic E-state index is 5.97. The molecule has 2 aromatic carbocycles. The van der Waals surface area contributed by atoms with Gasteiger partial charge >= 0.3 is 0 Å². The van der Waals surface area contributed by atoms with E-state index in [9.17, 15) is 0 Å². The fraction of sp³-hybridized carbons (Fsp3) is 0.292. The minimum atomic E-state index is 0.495. The van der Waals surface area contributed by atoms with Gasteiger partial charge in [0.2, 0.25) is 5.95 Å². The SMILES string of the molecule is S=C(NCc1ccc(Cl)cc1)Nc1nc(N2CCCC2)cc(N2Cc3ccccc3C2)n1. The number of thiocarbonyl (C=S) groups is 1. The van der Waals surface area contributed by atoms with Gasteiger partial charge in [0.25, 0.3) is 0 Å². The molecule has 1 saturated heterocycles. The molecule has 3 aromatic rings. The molecule has 0 saturated carbocycles. The van der Waals surface area contributed by atoms with Crippen LogP contribution in [0.1, 0.15) is 29.5 Å². The van der Waals surface area contributed by atoms with E-state index in [1.165, 1.54) is 24.0 Å². The van der Waals surface area contributed by atoms with E-state index < -0.39 is 0 Å². The van der Waals surface area contributed by atoms with Crippen LogP contribution >= 0.6 is 23.8 Å². The first-order chi connectivity index (χ1) is 15.6. The van der Waals surface area contributed by atoms with Crippen LogP contribution in [0.3, 0.4) is 0 Å². The molecular formula is C24H25ClN6S. The van der Waals surface area contributed by atoms with E-state index >= 15 is 0 Å². The number of nitrogens with one attached hydrogen (secondary N) is 2. The number of hydrogen-bond acceptors (Lipinski definition) is 5. The number of anilines is 3. The van der Waals surface area contributed by atoms with Gasteiger partial charge in [-0.3, -0.25) is 0 Å². The van der Waals surface area contributed by atoms with Gasteiger partial charge in [0.05, 0.1) is 0 Å². The van der Waals surface area contributed by atoms with Crippen molar-refractivity contribution in [2.75, 3.05) is 28.2 Å². The largest absolute Gasteiger partial charge is 0.358 e. The molecule has 0 amide bonds. The first-order valence-electron chi connectivity index (χ1n) is 10.9. The summed E-state index contributed by atoms with van der Waals surface area (Å²) < 4.78 is 0. The molecule has 0 atom stereocenters. The van der Waals surface area contributed by atoms with Gasteiger partial charge in [-0.2, -0.15) is 9.97 Å². The minimum Gasteiger partial charge on any atom is -0.358 e. The van der Waals surface area contributed by atoms with Gasteiger partial charge in [-0.25, -0.2) is 0 Å². The fourth-order valence-electron chi connectivity index (χ4n) is 4.17. The van der Waals surface area contributed by atoms with Crippen LogP contribution in [0.2, 0.25) is 5.02 Å². The highest BCUT2D eigenvalue weighted by Gasteiger charge is 2.23. The van der Waals surface area contributed by atoms with Crippen molar-refractivity contribution >= 4 is 46.5 Å². The Bertz CT molecular complexity index is 1090. The van der Waals surface area contributed by atoms with Crippen LogP contribution in [0.15, 0.2) is 54.6 Å². The van der Waals surface area contributed by atoms with Crippen molar-refractivity contribution in [3.63, 3.8) is 0 Å². The summed E-state index contributed by atoms with van der Waals surface area (Å²) in [5, 5.41) is 7.64. The Labute approximate surface area is 198 Å². The first-order valence-corrected chi connectivity index (χ1v) is 11.7. The maximum Gasteiger partial charge on any atom is 0.232 e. The Morgan fingerprint density at radius 3 is 2.19 bits per heavy atom. The minimum absolute atomic E-state index is 0.495. The molecule has 0 bridgehead atoms. The summed E-state index contributed by atoms with van der Waals surface area (Å²) in [7, 11) is 0. The third-order valence-corrected chi connectivity index (χ3v) is 6.38. The maximum absolute atomic E-state index is 5.97. The molecule has 2 aliphatic rings. The van der Waals surface area contributed by atoms with Crippen LogP contribution in [0.25, 0.3) is 0 Å². The molecule has 0 aliphatic carbocycles.